The van der Waals surface area contributed by atoms with E-state index in [1.54, 1.807) is 0 Å². The van der Waals surface area contributed by atoms with Crippen molar-refractivity contribution in [2.45, 2.75) is 20.8 Å². The van der Waals surface area contributed by atoms with Gasteiger partial charge in [0.05, 0.1) is 0 Å². The van der Waals surface area contributed by atoms with Gasteiger partial charge in [-0.2, -0.15) is 0 Å². The second-order valence-electron chi connectivity index (χ2n) is 6.17. The Morgan fingerprint density at radius 3 is 0.864 bits per heavy atom. The summed E-state index contributed by atoms with van der Waals surface area (Å²) in [6.07, 6.45) is 0. The van der Waals surface area contributed by atoms with Crippen LogP contribution in [0.2, 0.25) is 0 Å². The summed E-state index contributed by atoms with van der Waals surface area (Å²) in [5, 5.41) is 0. The Morgan fingerprint density at radius 1 is 0.409 bits per heavy atom. The monoisotopic (exact) mass is 300 g/mol. The van der Waals surface area contributed by atoms with Gasteiger partial charge in [0.1, 0.15) is 0 Å². The summed E-state index contributed by atoms with van der Waals surface area (Å²) in [7, 11) is 0. The summed E-state index contributed by atoms with van der Waals surface area (Å²) in [5.74, 6) is 0. The van der Waals surface area contributed by atoms with E-state index in [4.69, 9.17) is 0 Å². The molecule has 0 aliphatic heterocycles. The fraction of sp³-hybridized carbons (Fsp3) is 0.143. The van der Waals surface area contributed by atoms with Gasteiger partial charge in [0.15, 0.2) is 0 Å². The molecule has 22 heavy (non-hydrogen) atoms. The summed E-state index contributed by atoms with van der Waals surface area (Å²) >= 11 is -1.37. The summed E-state index contributed by atoms with van der Waals surface area (Å²) in [5.41, 5.74) is 3.97. The maximum absolute atomic E-state index is 2.31. The molecule has 0 unspecified atom stereocenters. The highest BCUT2D eigenvalue weighted by atomic mass is 27.2. The molecule has 0 N–H and O–H groups in total. The van der Waals surface area contributed by atoms with Crippen LogP contribution in [0.25, 0.3) is 0 Å². The van der Waals surface area contributed by atoms with Gasteiger partial charge in [-0.1, -0.05) is 103 Å². The molecule has 3 aromatic rings. The molecule has 0 fully saturated rings. The molecule has 0 spiro atoms. The highest BCUT2D eigenvalue weighted by Gasteiger charge is 2.24. The van der Waals surface area contributed by atoms with E-state index in [-0.39, 0.29) is 0 Å². The molecular formula is C21H21Al. The van der Waals surface area contributed by atoms with E-state index >= 15 is 0 Å². The van der Waals surface area contributed by atoms with E-state index in [1.165, 1.54) is 30.0 Å². The fourth-order valence-corrected chi connectivity index (χ4v) is 5.74. The van der Waals surface area contributed by atoms with Crippen molar-refractivity contribution < 1.29 is 0 Å². The second-order valence-corrected chi connectivity index (χ2v) is 9.03. The largest absolute Gasteiger partial charge is 0.383 e. The molecule has 3 rings (SSSR count). The lowest BCUT2D eigenvalue weighted by Gasteiger charge is -2.15. The lowest BCUT2D eigenvalue weighted by atomic mass is 10.2. The molecule has 0 amide bonds. The zero-order valence-corrected chi connectivity index (χ0v) is 14.7. The standard InChI is InChI=1S/3C7H7.Al/c3*1-7-5-3-2-4-6-7;/h3*3-6H,1H3;. The van der Waals surface area contributed by atoms with Crippen molar-refractivity contribution in [1.82, 2.24) is 0 Å². The minimum absolute atomic E-state index is 1.32. The minimum atomic E-state index is -1.37. The molecule has 0 aromatic heterocycles. The Balaban J connectivity index is 2.10. The van der Waals surface area contributed by atoms with Crippen molar-refractivity contribution >= 4 is 27.4 Å². The quantitative estimate of drug-likeness (QED) is 0.652. The summed E-state index contributed by atoms with van der Waals surface area (Å²) in [6.45, 7) is 6.45. The third kappa shape index (κ3) is 3.33. The second kappa shape index (κ2) is 6.53. The summed E-state index contributed by atoms with van der Waals surface area (Å²) in [6, 6.07) is 27.3. The van der Waals surface area contributed by atoms with Crippen molar-refractivity contribution in [2.24, 2.45) is 0 Å². The highest BCUT2D eigenvalue weighted by Crippen LogP contribution is 2.01. The van der Waals surface area contributed by atoms with Crippen LogP contribution < -0.4 is 13.3 Å². The Kier molecular flexibility index (Phi) is 4.48. The number of benzene rings is 3. The Bertz CT molecular complexity index is 629. The average molecular weight is 300 g/mol. The zero-order valence-electron chi connectivity index (χ0n) is 13.5. The van der Waals surface area contributed by atoms with Gasteiger partial charge < -0.3 is 0 Å². The van der Waals surface area contributed by atoms with E-state index in [0.717, 1.165) is 0 Å². The van der Waals surface area contributed by atoms with E-state index in [2.05, 4.69) is 93.6 Å². The molecule has 0 radical (unpaired) electrons. The van der Waals surface area contributed by atoms with Crippen LogP contribution in [0, 0.1) is 20.8 Å². The topological polar surface area (TPSA) is 0 Å². The SMILES string of the molecule is Cc1cc[c]([Al]([c]2ccc(C)cc2)[c]2ccc(C)cc2)cc1. The number of rotatable bonds is 3. The molecule has 0 aliphatic carbocycles. The number of aryl methyl sites for hydroxylation is 3. The van der Waals surface area contributed by atoms with Crippen LogP contribution in [0.15, 0.2) is 72.8 Å². The van der Waals surface area contributed by atoms with Gasteiger partial charge in [0.2, 0.25) is 0 Å². The average Bonchev–Trinajstić information content (AvgIpc) is 2.53. The van der Waals surface area contributed by atoms with Crippen molar-refractivity contribution in [1.29, 1.82) is 0 Å². The van der Waals surface area contributed by atoms with Crippen LogP contribution >= 0.6 is 0 Å². The van der Waals surface area contributed by atoms with Gasteiger partial charge in [-0.15, -0.1) is 0 Å². The molecular weight excluding hydrogens is 279 g/mol. The smallest absolute Gasteiger partial charge is 0.0986 e. The Labute approximate surface area is 137 Å². The van der Waals surface area contributed by atoms with Gasteiger partial charge >= 0.3 is 14.1 Å². The van der Waals surface area contributed by atoms with Crippen LogP contribution in [0.4, 0.5) is 0 Å². The highest BCUT2D eigenvalue weighted by molar-refractivity contribution is 6.95. The van der Waals surface area contributed by atoms with Crippen molar-refractivity contribution in [3.63, 3.8) is 0 Å². The first-order valence-electron chi connectivity index (χ1n) is 7.83. The third-order valence-electron chi connectivity index (χ3n) is 4.23. The molecule has 0 nitrogen and oxygen atoms in total. The van der Waals surface area contributed by atoms with Gasteiger partial charge in [0.25, 0.3) is 0 Å². The molecule has 0 heterocycles. The van der Waals surface area contributed by atoms with Gasteiger partial charge in [0, 0.05) is 0 Å². The normalized spacial score (nSPS) is 10.5. The Morgan fingerprint density at radius 2 is 0.636 bits per heavy atom. The van der Waals surface area contributed by atoms with Crippen LogP contribution in [0.1, 0.15) is 16.7 Å². The molecule has 0 atom stereocenters. The molecule has 0 aliphatic rings. The summed E-state index contributed by atoms with van der Waals surface area (Å²) < 4.78 is 4.45. The maximum Gasteiger partial charge on any atom is 0.383 e. The molecule has 0 bridgehead atoms. The minimum Gasteiger partial charge on any atom is -0.0986 e. The van der Waals surface area contributed by atoms with Gasteiger partial charge in [-0.05, 0) is 20.8 Å². The molecule has 108 valence electrons. The first-order valence-corrected chi connectivity index (χ1v) is 9.56. The predicted molar refractivity (Wildman–Crippen MR) is 98.2 cm³/mol. The first-order chi connectivity index (χ1) is 10.6. The maximum atomic E-state index is 2.31. The molecule has 0 saturated heterocycles. The predicted octanol–water partition coefficient (Wildman–Crippen LogP) is 3.13. The first kappa shape index (κ1) is 15.1. The molecule has 3 aromatic carbocycles. The lowest BCUT2D eigenvalue weighted by Crippen LogP contribution is -2.51. The van der Waals surface area contributed by atoms with E-state index in [9.17, 15) is 0 Å². The third-order valence-corrected chi connectivity index (χ3v) is 7.39. The van der Waals surface area contributed by atoms with Crippen LogP contribution in [-0.2, 0) is 0 Å². The number of hydrogen-bond acceptors (Lipinski definition) is 0. The summed E-state index contributed by atoms with van der Waals surface area (Å²) in [4.78, 5) is 0. The zero-order chi connectivity index (χ0) is 15.5. The van der Waals surface area contributed by atoms with Crippen LogP contribution in [0.5, 0.6) is 0 Å². The lowest BCUT2D eigenvalue weighted by molar-refractivity contribution is 1.48. The van der Waals surface area contributed by atoms with E-state index in [1.807, 2.05) is 0 Å². The molecule has 1 heteroatoms. The van der Waals surface area contributed by atoms with Gasteiger partial charge in [-0.25, -0.2) is 0 Å². The van der Waals surface area contributed by atoms with Crippen LogP contribution in [-0.4, -0.2) is 14.1 Å². The van der Waals surface area contributed by atoms with Crippen molar-refractivity contribution in [3.8, 4) is 0 Å². The van der Waals surface area contributed by atoms with Crippen molar-refractivity contribution in [2.75, 3.05) is 0 Å². The van der Waals surface area contributed by atoms with E-state index < -0.39 is 14.1 Å². The van der Waals surface area contributed by atoms with E-state index in [0.29, 0.717) is 0 Å². The number of hydrogen-bond donors (Lipinski definition) is 0. The van der Waals surface area contributed by atoms with Crippen LogP contribution in [0.3, 0.4) is 0 Å². The fourth-order valence-electron chi connectivity index (χ4n) is 2.85. The van der Waals surface area contributed by atoms with Crippen molar-refractivity contribution in [3.05, 3.63) is 89.5 Å². The Hall–Kier alpha value is -1.81. The van der Waals surface area contributed by atoms with Gasteiger partial charge in [-0.3, -0.25) is 0 Å². The molecule has 0 saturated carbocycles.